The Labute approximate surface area is 113 Å². The van der Waals surface area contributed by atoms with Crippen molar-refractivity contribution in [3.63, 3.8) is 0 Å². The summed E-state index contributed by atoms with van der Waals surface area (Å²) in [7, 11) is 0. The molecular formula is C16H31NO. The largest absolute Gasteiger partial charge is 0.317 e. The second-order valence-corrected chi connectivity index (χ2v) is 5.81. The van der Waals surface area contributed by atoms with E-state index in [1.807, 2.05) is 0 Å². The maximum Gasteiger partial charge on any atom is 0.133 e. The van der Waals surface area contributed by atoms with E-state index in [0.717, 1.165) is 32.4 Å². The van der Waals surface area contributed by atoms with Gasteiger partial charge in [0.25, 0.3) is 0 Å². The van der Waals surface area contributed by atoms with Gasteiger partial charge in [0.1, 0.15) is 5.78 Å². The lowest BCUT2D eigenvalue weighted by Gasteiger charge is -2.21. The van der Waals surface area contributed by atoms with Crippen molar-refractivity contribution < 1.29 is 4.79 Å². The van der Waals surface area contributed by atoms with Gasteiger partial charge in [-0.1, -0.05) is 45.4 Å². The Morgan fingerprint density at radius 1 is 1.00 bits per heavy atom. The van der Waals surface area contributed by atoms with Crippen LogP contribution in [-0.2, 0) is 4.79 Å². The van der Waals surface area contributed by atoms with Gasteiger partial charge in [-0.15, -0.1) is 0 Å². The number of rotatable bonds is 10. The predicted octanol–water partition coefficient (Wildman–Crippen LogP) is 4.09. The molecular weight excluding hydrogens is 222 g/mol. The molecule has 1 saturated heterocycles. The van der Waals surface area contributed by atoms with Gasteiger partial charge >= 0.3 is 0 Å². The molecule has 0 atom stereocenters. The van der Waals surface area contributed by atoms with E-state index in [9.17, 15) is 4.79 Å². The molecule has 106 valence electrons. The summed E-state index contributed by atoms with van der Waals surface area (Å²) < 4.78 is 0. The Hall–Kier alpha value is -0.370. The minimum atomic E-state index is 0.510. The van der Waals surface area contributed by atoms with Gasteiger partial charge in [0.05, 0.1) is 0 Å². The van der Waals surface area contributed by atoms with E-state index in [4.69, 9.17) is 0 Å². The number of unbranched alkanes of at least 4 members (excludes halogenated alkanes) is 6. The molecule has 0 aromatic heterocycles. The lowest BCUT2D eigenvalue weighted by Crippen LogP contribution is -2.28. The minimum Gasteiger partial charge on any atom is -0.317 e. The number of ketones is 1. The molecule has 1 aliphatic heterocycles. The van der Waals surface area contributed by atoms with Gasteiger partial charge in [-0.3, -0.25) is 4.79 Å². The normalized spacial score (nSPS) is 16.9. The second kappa shape index (κ2) is 10.5. The van der Waals surface area contributed by atoms with Gasteiger partial charge in [0.15, 0.2) is 0 Å². The molecule has 0 aliphatic carbocycles. The van der Waals surface area contributed by atoms with Crippen LogP contribution in [-0.4, -0.2) is 18.9 Å². The average molecular weight is 253 g/mol. The van der Waals surface area contributed by atoms with Crippen LogP contribution in [0.1, 0.15) is 77.6 Å². The number of hydrogen-bond donors (Lipinski definition) is 1. The van der Waals surface area contributed by atoms with E-state index in [2.05, 4.69) is 12.2 Å². The zero-order valence-corrected chi connectivity index (χ0v) is 12.2. The quantitative estimate of drug-likeness (QED) is 0.594. The minimum absolute atomic E-state index is 0.510. The zero-order valence-electron chi connectivity index (χ0n) is 12.2. The molecule has 1 fully saturated rings. The molecule has 1 aliphatic rings. The molecule has 0 aromatic carbocycles. The van der Waals surface area contributed by atoms with Crippen LogP contribution in [0.25, 0.3) is 0 Å². The number of piperidine rings is 1. The van der Waals surface area contributed by atoms with E-state index in [-0.39, 0.29) is 0 Å². The lowest BCUT2D eigenvalue weighted by molar-refractivity contribution is -0.120. The fraction of sp³-hybridized carbons (Fsp3) is 0.938. The first kappa shape index (κ1) is 15.7. The highest BCUT2D eigenvalue weighted by Crippen LogP contribution is 2.18. The van der Waals surface area contributed by atoms with Gasteiger partial charge in [-0.25, -0.2) is 0 Å². The SMILES string of the molecule is CCCCCCCCCC(=O)CC1CCNCC1. The standard InChI is InChI=1S/C16H31NO/c1-2-3-4-5-6-7-8-9-16(18)14-15-10-12-17-13-11-15/h15,17H,2-14H2,1H3. The number of nitrogens with one attached hydrogen (secondary N) is 1. The zero-order chi connectivity index (χ0) is 13.1. The Kier molecular flexibility index (Phi) is 9.19. The van der Waals surface area contributed by atoms with Crippen molar-refractivity contribution in [2.24, 2.45) is 5.92 Å². The van der Waals surface area contributed by atoms with Crippen molar-refractivity contribution in [1.29, 1.82) is 0 Å². The van der Waals surface area contributed by atoms with Crippen LogP contribution in [0.4, 0.5) is 0 Å². The van der Waals surface area contributed by atoms with Crippen LogP contribution >= 0.6 is 0 Å². The molecule has 1 rings (SSSR count). The summed E-state index contributed by atoms with van der Waals surface area (Å²) in [4.78, 5) is 11.8. The first-order chi connectivity index (χ1) is 8.83. The molecule has 0 spiro atoms. The Bertz CT molecular complexity index is 209. The van der Waals surface area contributed by atoms with Crippen molar-refractivity contribution in [3.8, 4) is 0 Å². The first-order valence-electron chi connectivity index (χ1n) is 8.05. The smallest absolute Gasteiger partial charge is 0.133 e. The highest BCUT2D eigenvalue weighted by atomic mass is 16.1. The third-order valence-electron chi connectivity index (χ3n) is 4.03. The van der Waals surface area contributed by atoms with Crippen molar-refractivity contribution in [2.75, 3.05) is 13.1 Å². The van der Waals surface area contributed by atoms with Crippen LogP contribution in [0, 0.1) is 5.92 Å². The highest BCUT2D eigenvalue weighted by molar-refractivity contribution is 5.78. The first-order valence-corrected chi connectivity index (χ1v) is 8.05. The van der Waals surface area contributed by atoms with Crippen molar-refractivity contribution >= 4 is 5.78 Å². The molecule has 0 amide bonds. The van der Waals surface area contributed by atoms with Crippen LogP contribution in [0.3, 0.4) is 0 Å². The van der Waals surface area contributed by atoms with Gasteiger partial charge in [0.2, 0.25) is 0 Å². The summed E-state index contributed by atoms with van der Waals surface area (Å²) in [5.74, 6) is 1.18. The summed E-state index contributed by atoms with van der Waals surface area (Å²) in [6, 6.07) is 0. The van der Waals surface area contributed by atoms with Gasteiger partial charge in [-0.2, -0.15) is 0 Å². The average Bonchev–Trinajstić information content (AvgIpc) is 2.39. The molecule has 0 radical (unpaired) electrons. The van der Waals surface area contributed by atoms with Crippen molar-refractivity contribution in [3.05, 3.63) is 0 Å². The topological polar surface area (TPSA) is 29.1 Å². The summed E-state index contributed by atoms with van der Waals surface area (Å²) in [5, 5.41) is 3.35. The van der Waals surface area contributed by atoms with E-state index in [0.29, 0.717) is 11.7 Å². The van der Waals surface area contributed by atoms with E-state index >= 15 is 0 Å². The van der Waals surface area contributed by atoms with E-state index < -0.39 is 0 Å². The lowest BCUT2D eigenvalue weighted by atomic mass is 9.91. The van der Waals surface area contributed by atoms with Gasteiger partial charge in [-0.05, 0) is 38.3 Å². The van der Waals surface area contributed by atoms with Crippen molar-refractivity contribution in [2.45, 2.75) is 77.6 Å². The molecule has 0 unspecified atom stereocenters. The van der Waals surface area contributed by atoms with Crippen LogP contribution in [0.2, 0.25) is 0 Å². The van der Waals surface area contributed by atoms with E-state index in [1.165, 1.54) is 51.4 Å². The van der Waals surface area contributed by atoms with Crippen molar-refractivity contribution in [1.82, 2.24) is 5.32 Å². The summed E-state index contributed by atoms with van der Waals surface area (Å²) >= 11 is 0. The molecule has 0 aromatic rings. The number of hydrogen-bond acceptors (Lipinski definition) is 2. The summed E-state index contributed by atoms with van der Waals surface area (Å²) in [5.41, 5.74) is 0. The van der Waals surface area contributed by atoms with E-state index in [1.54, 1.807) is 0 Å². The predicted molar refractivity (Wildman–Crippen MR) is 77.8 cm³/mol. The molecule has 0 saturated carbocycles. The molecule has 18 heavy (non-hydrogen) atoms. The van der Waals surface area contributed by atoms with Crippen LogP contribution < -0.4 is 5.32 Å². The molecule has 2 nitrogen and oxygen atoms in total. The van der Waals surface area contributed by atoms with Crippen LogP contribution in [0.15, 0.2) is 0 Å². The van der Waals surface area contributed by atoms with Crippen LogP contribution in [0.5, 0.6) is 0 Å². The van der Waals surface area contributed by atoms with Gasteiger partial charge in [0, 0.05) is 12.8 Å². The number of Topliss-reactive ketones (excluding diaryl/α,β-unsaturated/α-hetero) is 1. The Balaban J connectivity index is 1.90. The fourth-order valence-electron chi connectivity index (χ4n) is 2.79. The molecule has 2 heteroatoms. The maximum absolute atomic E-state index is 11.8. The number of carbonyl (C=O) groups excluding carboxylic acids is 1. The molecule has 1 N–H and O–H groups in total. The number of carbonyl (C=O) groups is 1. The maximum atomic E-state index is 11.8. The Morgan fingerprint density at radius 2 is 1.61 bits per heavy atom. The van der Waals surface area contributed by atoms with Gasteiger partial charge < -0.3 is 5.32 Å². The Morgan fingerprint density at radius 3 is 2.28 bits per heavy atom. The molecule has 0 bridgehead atoms. The molecule has 1 heterocycles. The highest BCUT2D eigenvalue weighted by Gasteiger charge is 2.16. The third kappa shape index (κ3) is 7.86. The summed E-state index contributed by atoms with van der Waals surface area (Å²) in [6.45, 7) is 4.46. The second-order valence-electron chi connectivity index (χ2n) is 5.81. The third-order valence-corrected chi connectivity index (χ3v) is 4.03. The fourth-order valence-corrected chi connectivity index (χ4v) is 2.79. The summed E-state index contributed by atoms with van der Waals surface area (Å²) in [6.07, 6.45) is 13.2. The monoisotopic (exact) mass is 253 g/mol.